The van der Waals surface area contributed by atoms with Crippen LogP contribution in [0.4, 0.5) is 18.9 Å². The van der Waals surface area contributed by atoms with Crippen molar-refractivity contribution in [2.45, 2.75) is 38.8 Å². The molecule has 0 atom stereocenters. The van der Waals surface area contributed by atoms with Crippen LogP contribution in [0.3, 0.4) is 0 Å². The third-order valence-electron chi connectivity index (χ3n) is 5.61. The lowest BCUT2D eigenvalue weighted by Gasteiger charge is -2.70. The molecule has 2 N–H and O–H groups in total. The van der Waals surface area contributed by atoms with E-state index in [0.717, 1.165) is 10.9 Å². The fourth-order valence-electron chi connectivity index (χ4n) is 4.43. The Morgan fingerprint density at radius 2 is 2.04 bits per heavy atom. The molecule has 1 amide bonds. The van der Waals surface area contributed by atoms with Gasteiger partial charge in [0.15, 0.2) is 0 Å². The Kier molecular flexibility index (Phi) is 3.36. The van der Waals surface area contributed by atoms with E-state index >= 15 is 0 Å². The number of aromatic amines is 1. The van der Waals surface area contributed by atoms with Crippen molar-refractivity contribution in [2.75, 3.05) is 11.9 Å². The first-order valence-corrected chi connectivity index (χ1v) is 8.30. The zero-order chi connectivity index (χ0) is 17.9. The van der Waals surface area contributed by atoms with Gasteiger partial charge in [0.25, 0.3) is 0 Å². The number of carbonyl (C=O) groups is 1. The second kappa shape index (κ2) is 5.16. The number of H-pyrrole nitrogens is 1. The van der Waals surface area contributed by atoms with Gasteiger partial charge in [-0.3, -0.25) is 4.79 Å². The summed E-state index contributed by atoms with van der Waals surface area (Å²) in [6.45, 7) is 1.84. The predicted molar refractivity (Wildman–Crippen MR) is 87.5 cm³/mol. The molecule has 7 heteroatoms. The van der Waals surface area contributed by atoms with Gasteiger partial charge in [-0.15, -0.1) is 0 Å². The molecule has 0 spiro atoms. The summed E-state index contributed by atoms with van der Waals surface area (Å²) >= 11 is 0. The minimum atomic E-state index is -4.06. The molecule has 4 nitrogen and oxygen atoms in total. The van der Waals surface area contributed by atoms with Crippen LogP contribution in [-0.4, -0.2) is 23.7 Å². The Balaban J connectivity index is 1.36. The number of fused-ring (bicyclic) bond motifs is 1. The maximum atomic E-state index is 12.9. The molecule has 3 fully saturated rings. The molecule has 0 saturated heterocycles. The van der Waals surface area contributed by atoms with Crippen molar-refractivity contribution in [1.29, 1.82) is 0 Å². The first-order valence-electron chi connectivity index (χ1n) is 8.30. The number of hydrogen-bond acceptors (Lipinski definition) is 2. The molecular weight excluding hydrogens is 333 g/mol. The van der Waals surface area contributed by atoms with Crippen molar-refractivity contribution in [3.05, 3.63) is 24.4 Å². The van der Waals surface area contributed by atoms with Crippen LogP contribution in [0.1, 0.15) is 32.6 Å². The summed E-state index contributed by atoms with van der Waals surface area (Å²) < 4.78 is 44.3. The van der Waals surface area contributed by atoms with Gasteiger partial charge < -0.3 is 15.0 Å². The van der Waals surface area contributed by atoms with Crippen molar-refractivity contribution in [3.8, 4) is 5.75 Å². The van der Waals surface area contributed by atoms with Gasteiger partial charge >= 0.3 is 6.18 Å². The molecule has 0 unspecified atom stereocenters. The van der Waals surface area contributed by atoms with Gasteiger partial charge in [-0.2, -0.15) is 13.2 Å². The fraction of sp³-hybridized carbons (Fsp3) is 0.500. The zero-order valence-electron chi connectivity index (χ0n) is 13.8. The lowest BCUT2D eigenvalue weighted by atomic mass is 9.34. The van der Waals surface area contributed by atoms with Crippen LogP contribution in [0.15, 0.2) is 24.4 Å². The minimum absolute atomic E-state index is 0.158. The van der Waals surface area contributed by atoms with Crippen LogP contribution in [0.25, 0.3) is 10.9 Å². The summed E-state index contributed by atoms with van der Waals surface area (Å²) in [5.74, 6) is 0.491. The number of hydrogen-bond donors (Lipinski definition) is 2. The number of halogens is 3. The first-order chi connectivity index (χ1) is 11.7. The minimum Gasteiger partial charge on any atom is -0.494 e. The monoisotopic (exact) mass is 352 g/mol. The van der Waals surface area contributed by atoms with Crippen molar-refractivity contribution < 1.29 is 22.7 Å². The maximum absolute atomic E-state index is 12.9. The van der Waals surface area contributed by atoms with E-state index in [-0.39, 0.29) is 30.6 Å². The quantitative estimate of drug-likeness (QED) is 0.824. The number of anilines is 1. The van der Waals surface area contributed by atoms with Crippen molar-refractivity contribution >= 4 is 22.5 Å². The summed E-state index contributed by atoms with van der Waals surface area (Å²) in [7, 11) is 0. The topological polar surface area (TPSA) is 54.1 Å². The average molecular weight is 352 g/mol. The number of alkyl halides is 3. The van der Waals surface area contributed by atoms with Crippen LogP contribution in [0.5, 0.6) is 5.75 Å². The molecule has 1 aromatic heterocycles. The number of nitrogens with one attached hydrogen (secondary N) is 2. The fourth-order valence-corrected chi connectivity index (χ4v) is 4.43. The summed E-state index contributed by atoms with van der Waals surface area (Å²) in [4.78, 5) is 14.3. The standard InChI is InChI=1S/C18H19F3N2O2/c1-11(24)23-15-7-22-14-3-2-12(6-13(14)15)25-5-4-16-8-17(9-16,10-16)18(19,20)21/h2-3,6-7,22H,4-5,8-10H2,1H3,(H,23,24). The SMILES string of the molecule is CC(=O)Nc1c[nH]c2ccc(OCCC34CC(C(F)(F)F)(C3)C4)cc12. The molecule has 5 rings (SSSR count). The summed E-state index contributed by atoms with van der Waals surface area (Å²) in [6, 6.07) is 5.50. The Hall–Kier alpha value is -2.18. The number of aromatic nitrogens is 1. The van der Waals surface area contributed by atoms with Gasteiger partial charge in [0, 0.05) is 24.0 Å². The highest BCUT2D eigenvalue weighted by Gasteiger charge is 2.77. The highest BCUT2D eigenvalue weighted by atomic mass is 19.4. The van der Waals surface area contributed by atoms with E-state index in [0.29, 0.717) is 24.5 Å². The molecular formula is C18H19F3N2O2. The molecule has 3 aliphatic carbocycles. The number of amides is 1. The van der Waals surface area contributed by atoms with E-state index in [1.54, 1.807) is 6.20 Å². The van der Waals surface area contributed by atoms with Gasteiger partial charge in [-0.25, -0.2) is 0 Å². The van der Waals surface area contributed by atoms with Crippen molar-refractivity contribution in [1.82, 2.24) is 4.98 Å². The molecule has 2 aromatic rings. The smallest absolute Gasteiger partial charge is 0.394 e. The summed E-state index contributed by atoms with van der Waals surface area (Å²) in [5, 5.41) is 3.59. The molecule has 3 saturated carbocycles. The summed E-state index contributed by atoms with van der Waals surface area (Å²) in [6.07, 6.45) is -0.957. The number of carbonyl (C=O) groups excluding carboxylic acids is 1. The number of benzene rings is 1. The van der Waals surface area contributed by atoms with E-state index in [1.807, 2.05) is 18.2 Å². The molecule has 1 heterocycles. The van der Waals surface area contributed by atoms with Crippen LogP contribution in [0, 0.1) is 10.8 Å². The van der Waals surface area contributed by atoms with Gasteiger partial charge in [-0.1, -0.05) is 0 Å². The predicted octanol–water partition coefficient (Wildman–Crippen LogP) is 4.63. The Morgan fingerprint density at radius 1 is 1.32 bits per heavy atom. The third-order valence-corrected chi connectivity index (χ3v) is 5.61. The van der Waals surface area contributed by atoms with E-state index < -0.39 is 11.6 Å². The lowest BCUT2D eigenvalue weighted by molar-refractivity contribution is -0.365. The van der Waals surface area contributed by atoms with Crippen LogP contribution < -0.4 is 10.1 Å². The van der Waals surface area contributed by atoms with Crippen LogP contribution in [-0.2, 0) is 4.79 Å². The first kappa shape index (κ1) is 16.3. The molecule has 0 aliphatic heterocycles. The van der Waals surface area contributed by atoms with Gasteiger partial charge in [-0.05, 0) is 49.3 Å². The maximum Gasteiger partial charge on any atom is 0.394 e. The largest absolute Gasteiger partial charge is 0.494 e. The van der Waals surface area contributed by atoms with E-state index in [2.05, 4.69) is 10.3 Å². The average Bonchev–Trinajstić information content (AvgIpc) is 2.80. The highest BCUT2D eigenvalue weighted by molar-refractivity contribution is 6.01. The second-order valence-corrected chi connectivity index (χ2v) is 7.50. The normalized spacial score (nSPS) is 27.5. The van der Waals surface area contributed by atoms with Crippen LogP contribution >= 0.6 is 0 Å². The van der Waals surface area contributed by atoms with Gasteiger partial charge in [0.1, 0.15) is 5.75 Å². The van der Waals surface area contributed by atoms with Crippen LogP contribution in [0.2, 0.25) is 0 Å². The lowest BCUT2D eigenvalue weighted by Crippen LogP contribution is -2.68. The number of rotatable bonds is 5. The molecule has 1 aromatic carbocycles. The van der Waals surface area contributed by atoms with E-state index in [4.69, 9.17) is 4.74 Å². The molecule has 134 valence electrons. The molecule has 25 heavy (non-hydrogen) atoms. The molecule has 0 radical (unpaired) electrons. The van der Waals surface area contributed by atoms with Crippen molar-refractivity contribution in [2.24, 2.45) is 10.8 Å². The second-order valence-electron chi connectivity index (χ2n) is 7.50. The van der Waals surface area contributed by atoms with Gasteiger partial charge in [0.2, 0.25) is 5.91 Å². The van der Waals surface area contributed by atoms with E-state index in [9.17, 15) is 18.0 Å². The third kappa shape index (κ3) is 2.56. The highest BCUT2D eigenvalue weighted by Crippen LogP contribution is 2.79. The Labute approximate surface area is 142 Å². The number of ether oxygens (including phenoxy) is 1. The summed E-state index contributed by atoms with van der Waals surface area (Å²) in [5.41, 5.74) is -0.0126. The van der Waals surface area contributed by atoms with Gasteiger partial charge in [0.05, 0.1) is 17.7 Å². The Bertz CT molecular complexity index is 821. The van der Waals surface area contributed by atoms with Crippen molar-refractivity contribution in [3.63, 3.8) is 0 Å². The zero-order valence-corrected chi connectivity index (χ0v) is 13.8. The van der Waals surface area contributed by atoms with E-state index in [1.165, 1.54) is 6.92 Å². The Morgan fingerprint density at radius 3 is 2.68 bits per heavy atom. The molecule has 3 aliphatic rings. The molecule has 2 bridgehead atoms.